The fraction of sp³-hybridized carbons (Fsp3) is 0.806. The largest absolute Gasteiger partial charge is 0.446 e. The van der Waals surface area contributed by atoms with Gasteiger partial charge in [0.05, 0.1) is 4.75 Å². The van der Waals surface area contributed by atoms with E-state index in [0.717, 1.165) is 25.7 Å². The molecule has 2 heterocycles. The molecule has 13 heteroatoms. The van der Waals surface area contributed by atoms with Gasteiger partial charge < -0.3 is 20.3 Å². The second kappa shape index (κ2) is 11.7. The minimum Gasteiger partial charge on any atom is -0.446 e. The monoisotopic (exact) mass is 744 g/mol. The van der Waals surface area contributed by atoms with Gasteiger partial charge in [-0.2, -0.15) is 0 Å². The van der Waals surface area contributed by atoms with Crippen molar-refractivity contribution < 1.29 is 32.3 Å². The summed E-state index contributed by atoms with van der Waals surface area (Å²) in [5.74, 6) is -0.544. The summed E-state index contributed by atoms with van der Waals surface area (Å²) in [6, 6.07) is -1.72. The standard InChI is InChI=1S/C31H45IN4O7S/c1-17-6-4-5-7-21-15-31(21,28(39)35-44(41,42)30(3)8-9-30)34-26(37)24-14-22(32)16-36(24)27(38)25(18(2)10-17)33-29(40)43-23-12-19-11-20(19)13-23/h5,7,17-25H,4,6,8-16H2,1-3H3,(H,33,40)(H,34,37)(H,35,39)/b7-5-/t17-,18-,19-,20+,21-,22-,23+,24+,25+,31-/m1/s1. The van der Waals surface area contributed by atoms with Crippen LogP contribution in [0.25, 0.3) is 0 Å². The summed E-state index contributed by atoms with van der Waals surface area (Å²) in [6.07, 6.45) is 10.0. The number of rotatable bonds is 5. The topological polar surface area (TPSA) is 151 Å². The minimum atomic E-state index is -3.90. The Hall–Kier alpha value is -1.90. The number of hydrogen-bond acceptors (Lipinski definition) is 7. The van der Waals surface area contributed by atoms with Crippen LogP contribution in [-0.4, -0.2) is 76.1 Å². The van der Waals surface area contributed by atoms with E-state index >= 15 is 0 Å². The number of fused-ring (bicyclic) bond motifs is 3. The fourth-order valence-electron chi connectivity index (χ4n) is 7.57. The van der Waals surface area contributed by atoms with Crippen molar-refractivity contribution in [1.82, 2.24) is 20.3 Å². The molecule has 5 fully saturated rings. The van der Waals surface area contributed by atoms with Crippen molar-refractivity contribution in [3.63, 3.8) is 0 Å². The highest BCUT2D eigenvalue weighted by Gasteiger charge is 2.63. The van der Waals surface area contributed by atoms with Gasteiger partial charge in [-0.25, -0.2) is 13.2 Å². The van der Waals surface area contributed by atoms with Gasteiger partial charge in [-0.15, -0.1) is 0 Å². The third-order valence-electron chi connectivity index (χ3n) is 11.0. The van der Waals surface area contributed by atoms with Crippen molar-refractivity contribution in [3.05, 3.63) is 12.2 Å². The molecule has 0 bridgehead atoms. The van der Waals surface area contributed by atoms with E-state index < -0.39 is 50.3 Å². The Bertz CT molecular complexity index is 1340. The summed E-state index contributed by atoms with van der Waals surface area (Å²) < 4.78 is 32.9. The quantitative estimate of drug-likeness (QED) is 0.223. The molecule has 244 valence electrons. The van der Waals surface area contributed by atoms with Crippen LogP contribution in [-0.2, 0) is 29.1 Å². The Morgan fingerprint density at radius 2 is 1.80 bits per heavy atom. The number of nitrogens with one attached hydrogen (secondary N) is 3. The van der Waals surface area contributed by atoms with E-state index in [9.17, 15) is 27.6 Å². The normalized spacial score (nSPS) is 41.9. The highest BCUT2D eigenvalue weighted by molar-refractivity contribution is 14.1. The van der Waals surface area contributed by atoms with Crippen LogP contribution in [0.4, 0.5) is 4.79 Å². The number of hydrogen-bond donors (Lipinski definition) is 3. The molecule has 2 aliphatic heterocycles. The molecule has 44 heavy (non-hydrogen) atoms. The first-order valence-corrected chi connectivity index (χ1v) is 18.9. The highest BCUT2D eigenvalue weighted by Crippen LogP contribution is 2.52. The lowest BCUT2D eigenvalue weighted by molar-refractivity contribution is -0.142. The average Bonchev–Trinajstić information content (AvgIpc) is 3.90. The molecule has 0 unspecified atom stereocenters. The second-order valence-corrected chi connectivity index (χ2v) is 18.7. The number of alkyl halides is 1. The van der Waals surface area contributed by atoms with Gasteiger partial charge in [-0.1, -0.05) is 48.6 Å². The van der Waals surface area contributed by atoms with E-state index in [1.807, 2.05) is 19.1 Å². The molecule has 4 aliphatic carbocycles. The van der Waals surface area contributed by atoms with E-state index in [-0.39, 0.29) is 40.1 Å². The summed E-state index contributed by atoms with van der Waals surface area (Å²) in [4.78, 5) is 56.3. The minimum absolute atomic E-state index is 0.00639. The number of carbonyl (C=O) groups is 4. The van der Waals surface area contributed by atoms with Gasteiger partial charge >= 0.3 is 6.09 Å². The van der Waals surface area contributed by atoms with E-state index in [1.54, 1.807) is 6.92 Å². The van der Waals surface area contributed by atoms with Gasteiger partial charge in [0, 0.05) is 16.4 Å². The molecule has 6 rings (SSSR count). The summed E-state index contributed by atoms with van der Waals surface area (Å²) in [7, 11) is -3.90. The van der Waals surface area contributed by atoms with Gasteiger partial charge in [0.15, 0.2) is 0 Å². The van der Waals surface area contributed by atoms with Crippen LogP contribution in [0, 0.1) is 29.6 Å². The number of amides is 4. The number of halogens is 1. The lowest BCUT2D eigenvalue weighted by Gasteiger charge is -2.33. The lowest BCUT2D eigenvalue weighted by Crippen LogP contribution is -2.59. The van der Waals surface area contributed by atoms with Crippen molar-refractivity contribution in [2.75, 3.05) is 6.54 Å². The molecule has 0 aromatic rings. The SMILES string of the molecule is C[C@@H]1CC/C=C\[C@@H]2C[C@@]2(C(=O)NS(=O)(=O)C2(C)CC2)NC(=O)[C@@H]2C[C@@H](I)CN2C(=O)[C@@H](NC(=O)O[C@@H]2C[C@@H]3C[C@@H]3C2)[C@H](C)C1. The van der Waals surface area contributed by atoms with Gasteiger partial charge in [0.2, 0.25) is 21.8 Å². The molecule has 4 amide bonds. The maximum Gasteiger partial charge on any atom is 0.408 e. The number of allylic oxidation sites excluding steroid dienone is 1. The number of ether oxygens (including phenoxy) is 1. The summed E-state index contributed by atoms with van der Waals surface area (Å²) in [5.41, 5.74) is -1.40. The molecule has 1 saturated heterocycles. The maximum atomic E-state index is 14.2. The average molecular weight is 745 g/mol. The van der Waals surface area contributed by atoms with Crippen LogP contribution in [0.3, 0.4) is 0 Å². The highest BCUT2D eigenvalue weighted by atomic mass is 127. The van der Waals surface area contributed by atoms with Gasteiger partial charge in [0.25, 0.3) is 5.91 Å². The predicted molar refractivity (Wildman–Crippen MR) is 171 cm³/mol. The Labute approximate surface area is 273 Å². The maximum absolute atomic E-state index is 14.2. The first kappa shape index (κ1) is 32.1. The molecular formula is C31H45IN4O7S. The Kier molecular flexibility index (Phi) is 8.54. The fourth-order valence-corrected chi connectivity index (χ4v) is 9.78. The molecule has 0 aromatic carbocycles. The molecule has 11 nitrogen and oxygen atoms in total. The summed E-state index contributed by atoms with van der Waals surface area (Å²) in [6.45, 7) is 6.02. The molecular weight excluding hydrogens is 699 g/mol. The Morgan fingerprint density at radius 1 is 1.09 bits per heavy atom. The van der Waals surface area contributed by atoms with Crippen LogP contribution < -0.4 is 15.4 Å². The van der Waals surface area contributed by atoms with Gasteiger partial charge in [-0.05, 0) is 94.8 Å². The van der Waals surface area contributed by atoms with Crippen LogP contribution in [0.5, 0.6) is 0 Å². The summed E-state index contributed by atoms with van der Waals surface area (Å²) >= 11 is 2.22. The van der Waals surface area contributed by atoms with Crippen molar-refractivity contribution in [2.45, 2.75) is 117 Å². The molecule has 4 saturated carbocycles. The van der Waals surface area contributed by atoms with Crippen LogP contribution in [0.15, 0.2) is 12.2 Å². The van der Waals surface area contributed by atoms with Crippen LogP contribution in [0.1, 0.15) is 85.0 Å². The van der Waals surface area contributed by atoms with E-state index in [4.69, 9.17) is 4.74 Å². The van der Waals surface area contributed by atoms with Crippen molar-refractivity contribution >= 4 is 56.4 Å². The van der Waals surface area contributed by atoms with Gasteiger partial charge in [0.1, 0.15) is 23.7 Å². The molecule has 6 aliphatic rings. The van der Waals surface area contributed by atoms with Crippen molar-refractivity contribution in [2.24, 2.45) is 29.6 Å². The zero-order valence-corrected chi connectivity index (χ0v) is 28.7. The molecule has 10 atom stereocenters. The molecule has 0 spiro atoms. The summed E-state index contributed by atoms with van der Waals surface area (Å²) in [5, 5.41) is 5.79. The van der Waals surface area contributed by atoms with E-state index in [0.29, 0.717) is 44.1 Å². The van der Waals surface area contributed by atoms with E-state index in [2.05, 4.69) is 44.9 Å². The number of alkyl carbamates (subject to hydrolysis) is 1. The Morgan fingerprint density at radius 3 is 2.48 bits per heavy atom. The van der Waals surface area contributed by atoms with Crippen LogP contribution >= 0.6 is 22.6 Å². The molecule has 3 N–H and O–H groups in total. The van der Waals surface area contributed by atoms with Crippen molar-refractivity contribution in [1.29, 1.82) is 0 Å². The zero-order chi connectivity index (χ0) is 31.6. The third kappa shape index (κ3) is 6.37. The van der Waals surface area contributed by atoms with Crippen LogP contribution in [0.2, 0.25) is 0 Å². The molecule has 0 aromatic heterocycles. The van der Waals surface area contributed by atoms with Crippen molar-refractivity contribution in [3.8, 4) is 0 Å². The van der Waals surface area contributed by atoms with Gasteiger partial charge in [-0.3, -0.25) is 19.1 Å². The predicted octanol–water partition coefficient (Wildman–Crippen LogP) is 3.17. The number of carbonyl (C=O) groups excluding carboxylic acids is 4. The second-order valence-electron chi connectivity index (χ2n) is 14.7. The third-order valence-corrected chi connectivity index (χ3v) is 14.0. The zero-order valence-electron chi connectivity index (χ0n) is 25.7. The smallest absolute Gasteiger partial charge is 0.408 e. The number of sulfonamides is 1. The first-order valence-electron chi connectivity index (χ1n) is 16.2. The molecule has 0 radical (unpaired) electrons. The number of nitrogens with zero attached hydrogens (tertiary/aromatic N) is 1. The van der Waals surface area contributed by atoms with E-state index in [1.165, 1.54) is 11.3 Å². The first-order chi connectivity index (χ1) is 20.7. The lowest BCUT2D eigenvalue weighted by atomic mass is 9.88. The Balaban J connectivity index is 1.23.